The minimum Gasteiger partial charge on any atom is -0.381 e. The molecule has 2 aliphatic rings. The molecule has 0 aromatic rings. The number of hydrogen-bond acceptors (Lipinski definition) is 3. The Morgan fingerprint density at radius 3 is 2.65 bits per heavy atom. The maximum absolute atomic E-state index is 5.63. The first-order valence-electron chi connectivity index (χ1n) is 7.30. The van der Waals surface area contributed by atoms with Crippen molar-refractivity contribution in [1.82, 2.24) is 10.2 Å². The third kappa shape index (κ3) is 3.67. The van der Waals surface area contributed by atoms with Crippen LogP contribution in [0.15, 0.2) is 0 Å². The highest BCUT2D eigenvalue weighted by atomic mass is 16.5. The van der Waals surface area contributed by atoms with Crippen LogP contribution in [0.4, 0.5) is 0 Å². The van der Waals surface area contributed by atoms with Crippen LogP contribution in [0, 0.1) is 11.8 Å². The summed E-state index contributed by atoms with van der Waals surface area (Å²) in [4.78, 5) is 2.65. The quantitative estimate of drug-likeness (QED) is 0.810. The summed E-state index contributed by atoms with van der Waals surface area (Å²) in [7, 11) is 2.09. The first-order chi connectivity index (χ1) is 8.33. The lowest BCUT2D eigenvalue weighted by molar-refractivity contribution is 0.0134. The van der Waals surface area contributed by atoms with Gasteiger partial charge in [0.1, 0.15) is 0 Å². The first-order valence-corrected chi connectivity index (χ1v) is 7.30. The molecular formula is C14H28N2O. The molecule has 1 N–H and O–H groups in total. The largest absolute Gasteiger partial charge is 0.381 e. The fraction of sp³-hybridized carbons (Fsp3) is 1.00. The maximum Gasteiger partial charge on any atom is 0.0521 e. The Hall–Kier alpha value is -0.120. The van der Waals surface area contributed by atoms with Gasteiger partial charge in [-0.1, -0.05) is 13.3 Å². The fourth-order valence-corrected chi connectivity index (χ4v) is 3.27. The number of piperidine rings is 1. The van der Waals surface area contributed by atoms with Crippen LogP contribution >= 0.6 is 0 Å². The van der Waals surface area contributed by atoms with Crippen LogP contribution in [-0.4, -0.2) is 50.8 Å². The molecule has 2 saturated heterocycles. The normalized spacial score (nSPS) is 32.8. The molecule has 0 radical (unpaired) electrons. The molecule has 0 saturated carbocycles. The predicted octanol–water partition coefficient (Wildman–Crippen LogP) is 1.73. The molecule has 0 spiro atoms. The van der Waals surface area contributed by atoms with E-state index in [1.807, 2.05) is 0 Å². The second-order valence-electron chi connectivity index (χ2n) is 5.67. The van der Waals surface area contributed by atoms with Crippen LogP contribution in [-0.2, 0) is 4.74 Å². The lowest BCUT2D eigenvalue weighted by atomic mass is 9.91. The number of likely N-dealkylation sites (tertiary alicyclic amines) is 1. The summed E-state index contributed by atoms with van der Waals surface area (Å²) >= 11 is 0. The molecule has 3 nitrogen and oxygen atoms in total. The minimum absolute atomic E-state index is 0.660. The number of hydrogen-bond donors (Lipinski definition) is 1. The van der Waals surface area contributed by atoms with Gasteiger partial charge in [0.2, 0.25) is 0 Å². The molecule has 0 aromatic heterocycles. The maximum atomic E-state index is 5.63. The Morgan fingerprint density at radius 1 is 1.24 bits per heavy atom. The van der Waals surface area contributed by atoms with Crippen molar-refractivity contribution in [2.24, 2.45) is 11.8 Å². The fourth-order valence-electron chi connectivity index (χ4n) is 3.27. The SMILES string of the molecule is CCC1CCN(CC2COCCC2NC)CC1. The van der Waals surface area contributed by atoms with E-state index in [1.54, 1.807) is 0 Å². The molecule has 2 unspecified atom stereocenters. The molecule has 2 fully saturated rings. The van der Waals surface area contributed by atoms with Gasteiger partial charge in [-0.2, -0.15) is 0 Å². The highest BCUT2D eigenvalue weighted by molar-refractivity contribution is 4.82. The summed E-state index contributed by atoms with van der Waals surface area (Å²) in [6, 6.07) is 0.660. The molecule has 0 aromatic carbocycles. The number of nitrogens with zero attached hydrogens (tertiary/aromatic N) is 1. The van der Waals surface area contributed by atoms with Gasteiger partial charge < -0.3 is 15.0 Å². The summed E-state index contributed by atoms with van der Waals surface area (Å²) in [5.74, 6) is 1.67. The topological polar surface area (TPSA) is 24.5 Å². The first kappa shape index (κ1) is 13.3. The molecule has 0 amide bonds. The van der Waals surface area contributed by atoms with E-state index in [4.69, 9.17) is 4.74 Å². The molecule has 2 atom stereocenters. The molecular weight excluding hydrogens is 212 g/mol. The molecule has 2 aliphatic heterocycles. The summed E-state index contributed by atoms with van der Waals surface area (Å²) in [5, 5.41) is 3.46. The molecule has 0 bridgehead atoms. The van der Waals surface area contributed by atoms with Crippen LogP contribution in [0.1, 0.15) is 32.6 Å². The Balaban J connectivity index is 1.76. The van der Waals surface area contributed by atoms with Gasteiger partial charge in [0.25, 0.3) is 0 Å². The third-order valence-electron chi connectivity index (χ3n) is 4.62. The van der Waals surface area contributed by atoms with Gasteiger partial charge in [0.15, 0.2) is 0 Å². The Labute approximate surface area is 106 Å². The smallest absolute Gasteiger partial charge is 0.0521 e. The standard InChI is InChI=1S/C14H28N2O/c1-3-12-4-7-16(8-5-12)10-13-11-17-9-6-14(13)15-2/h12-15H,3-11H2,1-2H3. The lowest BCUT2D eigenvalue weighted by Gasteiger charge is -2.38. The highest BCUT2D eigenvalue weighted by Gasteiger charge is 2.27. The van der Waals surface area contributed by atoms with Gasteiger partial charge in [-0.25, -0.2) is 0 Å². The van der Waals surface area contributed by atoms with Crippen LogP contribution < -0.4 is 5.32 Å². The number of ether oxygens (including phenoxy) is 1. The average Bonchev–Trinajstić information content (AvgIpc) is 2.40. The third-order valence-corrected chi connectivity index (χ3v) is 4.62. The van der Waals surface area contributed by atoms with Gasteiger partial charge in [0, 0.05) is 25.1 Å². The van der Waals surface area contributed by atoms with E-state index in [0.717, 1.165) is 19.1 Å². The zero-order chi connectivity index (χ0) is 12.1. The van der Waals surface area contributed by atoms with Gasteiger partial charge in [0.05, 0.1) is 6.61 Å². The molecule has 100 valence electrons. The highest BCUT2D eigenvalue weighted by Crippen LogP contribution is 2.22. The van der Waals surface area contributed by atoms with E-state index in [-0.39, 0.29) is 0 Å². The van der Waals surface area contributed by atoms with Crippen LogP contribution in [0.25, 0.3) is 0 Å². The average molecular weight is 240 g/mol. The number of nitrogens with one attached hydrogen (secondary N) is 1. The van der Waals surface area contributed by atoms with Crippen molar-refractivity contribution in [2.45, 2.75) is 38.6 Å². The summed E-state index contributed by atoms with van der Waals surface area (Å²) < 4.78 is 5.63. The van der Waals surface area contributed by atoms with E-state index in [1.165, 1.54) is 45.3 Å². The van der Waals surface area contributed by atoms with Crippen molar-refractivity contribution >= 4 is 0 Å². The molecule has 0 aliphatic carbocycles. The summed E-state index contributed by atoms with van der Waals surface area (Å²) in [6.45, 7) is 8.02. The Morgan fingerprint density at radius 2 is 2.00 bits per heavy atom. The summed E-state index contributed by atoms with van der Waals surface area (Å²) in [6.07, 6.45) is 5.33. The van der Waals surface area contributed by atoms with Crippen LogP contribution in [0.5, 0.6) is 0 Å². The van der Waals surface area contributed by atoms with Gasteiger partial charge in [-0.3, -0.25) is 0 Å². The van der Waals surface area contributed by atoms with E-state index >= 15 is 0 Å². The second kappa shape index (κ2) is 6.72. The van der Waals surface area contributed by atoms with E-state index in [2.05, 4.69) is 24.2 Å². The second-order valence-corrected chi connectivity index (χ2v) is 5.67. The van der Waals surface area contributed by atoms with Crippen LogP contribution in [0.2, 0.25) is 0 Å². The molecule has 17 heavy (non-hydrogen) atoms. The van der Waals surface area contributed by atoms with Crippen molar-refractivity contribution in [3.8, 4) is 0 Å². The van der Waals surface area contributed by atoms with Crippen molar-refractivity contribution in [1.29, 1.82) is 0 Å². The Kier molecular flexibility index (Phi) is 5.26. The zero-order valence-electron chi connectivity index (χ0n) is 11.5. The van der Waals surface area contributed by atoms with Gasteiger partial charge in [-0.05, 0) is 45.3 Å². The van der Waals surface area contributed by atoms with E-state index in [0.29, 0.717) is 12.0 Å². The van der Waals surface area contributed by atoms with Crippen molar-refractivity contribution in [2.75, 3.05) is 39.9 Å². The monoisotopic (exact) mass is 240 g/mol. The van der Waals surface area contributed by atoms with Crippen molar-refractivity contribution < 1.29 is 4.74 Å². The number of rotatable bonds is 4. The Bertz CT molecular complexity index is 214. The molecule has 2 rings (SSSR count). The van der Waals surface area contributed by atoms with Crippen molar-refractivity contribution in [3.05, 3.63) is 0 Å². The van der Waals surface area contributed by atoms with Crippen LogP contribution in [0.3, 0.4) is 0 Å². The van der Waals surface area contributed by atoms with Crippen molar-refractivity contribution in [3.63, 3.8) is 0 Å². The van der Waals surface area contributed by atoms with E-state index < -0.39 is 0 Å². The molecule has 3 heteroatoms. The van der Waals surface area contributed by atoms with E-state index in [9.17, 15) is 0 Å². The minimum atomic E-state index is 0.660. The zero-order valence-corrected chi connectivity index (χ0v) is 11.5. The molecule has 2 heterocycles. The van der Waals surface area contributed by atoms with Gasteiger partial charge >= 0.3 is 0 Å². The lowest BCUT2D eigenvalue weighted by Crippen LogP contribution is -2.48. The predicted molar refractivity (Wildman–Crippen MR) is 71.2 cm³/mol. The summed E-state index contributed by atoms with van der Waals surface area (Å²) in [5.41, 5.74) is 0. The van der Waals surface area contributed by atoms with Gasteiger partial charge in [-0.15, -0.1) is 0 Å².